The Hall–Kier alpha value is -3.03. The largest absolute Gasteiger partial charge is 0.378 e. The molecule has 3 heterocycles. The number of hydrogen-bond acceptors (Lipinski definition) is 4. The summed E-state index contributed by atoms with van der Waals surface area (Å²) in [7, 11) is 0. The van der Waals surface area contributed by atoms with E-state index in [4.69, 9.17) is 4.74 Å². The summed E-state index contributed by atoms with van der Waals surface area (Å²) >= 11 is 0. The number of ether oxygens (including phenoxy) is 1. The molecular formula is C25H27FN4O2. The molecule has 2 bridgehead atoms. The number of nitrogens with zero attached hydrogens (tertiary/aromatic N) is 3. The van der Waals surface area contributed by atoms with Gasteiger partial charge in [-0.3, -0.25) is 14.4 Å². The molecule has 1 aromatic heterocycles. The number of halogens is 1. The van der Waals surface area contributed by atoms with E-state index in [0.717, 1.165) is 29.3 Å². The topological polar surface area (TPSA) is 59.4 Å². The number of carbonyl (C=O) groups is 1. The summed E-state index contributed by atoms with van der Waals surface area (Å²) in [5, 5.41) is 8.63. The Morgan fingerprint density at radius 1 is 1.19 bits per heavy atom. The third kappa shape index (κ3) is 4.06. The van der Waals surface area contributed by atoms with Gasteiger partial charge in [0.2, 0.25) is 0 Å². The van der Waals surface area contributed by atoms with Crippen molar-refractivity contribution in [2.24, 2.45) is 0 Å². The summed E-state index contributed by atoms with van der Waals surface area (Å²) in [5.74, 6) is -0.360. The van der Waals surface area contributed by atoms with E-state index in [1.54, 1.807) is 22.9 Å². The Morgan fingerprint density at radius 2 is 1.97 bits per heavy atom. The zero-order valence-corrected chi connectivity index (χ0v) is 17.9. The van der Waals surface area contributed by atoms with Crippen molar-refractivity contribution in [1.82, 2.24) is 20.0 Å². The Balaban J connectivity index is 1.31. The number of aromatic nitrogens is 2. The molecule has 0 radical (unpaired) electrons. The van der Waals surface area contributed by atoms with Crippen molar-refractivity contribution in [3.63, 3.8) is 0 Å². The van der Waals surface area contributed by atoms with Gasteiger partial charge in [-0.15, -0.1) is 6.58 Å². The van der Waals surface area contributed by atoms with Gasteiger partial charge >= 0.3 is 0 Å². The zero-order valence-electron chi connectivity index (χ0n) is 17.9. The van der Waals surface area contributed by atoms with Gasteiger partial charge in [0.15, 0.2) is 5.69 Å². The standard InChI is InChI=1S/C25H27FN4O2/c1-2-10-30-23-9-4-3-8-22(23)24(28-30)25(31)27-19-12-20-15-32-16-21(13-19)29(20)14-17-6-5-7-18(26)11-17/h2-9,11,19-21H,1,10,12-16H2,(H,27,31)/t19?,20-,21+. The lowest BCUT2D eigenvalue weighted by Crippen LogP contribution is -2.60. The van der Waals surface area contributed by atoms with E-state index in [9.17, 15) is 9.18 Å². The van der Waals surface area contributed by atoms with Gasteiger partial charge in [0.05, 0.1) is 25.3 Å². The molecule has 1 unspecified atom stereocenters. The second-order valence-electron chi connectivity index (χ2n) is 8.63. The number of morpholine rings is 1. The van der Waals surface area contributed by atoms with Crippen molar-refractivity contribution in [3.8, 4) is 0 Å². The quantitative estimate of drug-likeness (QED) is 0.603. The van der Waals surface area contributed by atoms with Crippen LogP contribution in [-0.4, -0.2) is 51.9 Å². The summed E-state index contributed by atoms with van der Waals surface area (Å²) < 4.78 is 21.2. The number of allylic oxidation sites excluding steroid dienone is 1. The number of rotatable bonds is 6. The first-order valence-corrected chi connectivity index (χ1v) is 11.1. The van der Waals surface area contributed by atoms with Crippen molar-refractivity contribution < 1.29 is 13.9 Å². The van der Waals surface area contributed by atoms with Crippen LogP contribution in [0.3, 0.4) is 0 Å². The van der Waals surface area contributed by atoms with Crippen LogP contribution in [0, 0.1) is 5.82 Å². The van der Waals surface area contributed by atoms with Gasteiger partial charge in [-0.2, -0.15) is 5.10 Å². The molecule has 32 heavy (non-hydrogen) atoms. The minimum Gasteiger partial charge on any atom is -0.378 e. The maximum atomic E-state index is 13.6. The summed E-state index contributed by atoms with van der Waals surface area (Å²) in [6, 6.07) is 15.0. The highest BCUT2D eigenvalue weighted by atomic mass is 19.1. The summed E-state index contributed by atoms with van der Waals surface area (Å²) in [6.07, 6.45) is 3.36. The van der Waals surface area contributed by atoms with E-state index >= 15 is 0 Å². The van der Waals surface area contributed by atoms with Crippen molar-refractivity contribution in [1.29, 1.82) is 0 Å². The minimum absolute atomic E-state index is 0.0495. The monoisotopic (exact) mass is 434 g/mol. The molecule has 3 atom stereocenters. The maximum absolute atomic E-state index is 13.6. The summed E-state index contributed by atoms with van der Waals surface area (Å²) in [6.45, 7) is 6.26. The van der Waals surface area contributed by atoms with Crippen molar-refractivity contribution in [3.05, 3.63) is 78.3 Å². The van der Waals surface area contributed by atoms with Crippen LogP contribution in [0.25, 0.3) is 10.9 Å². The molecule has 166 valence electrons. The fourth-order valence-corrected chi connectivity index (χ4v) is 5.02. The number of piperidine rings is 1. The normalized spacial score (nSPS) is 23.2. The number of nitrogens with one attached hydrogen (secondary N) is 1. The van der Waals surface area contributed by atoms with Gasteiger partial charge in [0.1, 0.15) is 5.82 Å². The lowest BCUT2D eigenvalue weighted by molar-refractivity contribution is -0.0843. The summed E-state index contributed by atoms with van der Waals surface area (Å²) in [5.41, 5.74) is 2.34. The fraction of sp³-hybridized carbons (Fsp3) is 0.360. The molecule has 0 aliphatic carbocycles. The first-order chi connectivity index (χ1) is 15.6. The predicted octanol–water partition coefficient (Wildman–Crippen LogP) is 3.52. The molecule has 1 N–H and O–H groups in total. The Morgan fingerprint density at radius 3 is 2.72 bits per heavy atom. The molecule has 1 amide bonds. The molecule has 2 aliphatic heterocycles. The van der Waals surface area contributed by atoms with E-state index in [1.807, 2.05) is 30.3 Å². The van der Waals surface area contributed by atoms with Crippen molar-refractivity contribution >= 4 is 16.8 Å². The van der Waals surface area contributed by atoms with E-state index < -0.39 is 0 Å². The van der Waals surface area contributed by atoms with Gasteiger partial charge < -0.3 is 10.1 Å². The lowest BCUT2D eigenvalue weighted by atomic mass is 9.89. The number of carbonyl (C=O) groups excluding carboxylic acids is 1. The van der Waals surface area contributed by atoms with Crippen LogP contribution in [0.4, 0.5) is 4.39 Å². The van der Waals surface area contributed by atoms with Crippen LogP contribution in [-0.2, 0) is 17.8 Å². The second-order valence-corrected chi connectivity index (χ2v) is 8.63. The van der Waals surface area contributed by atoms with Gasteiger partial charge in [-0.25, -0.2) is 4.39 Å². The van der Waals surface area contributed by atoms with E-state index in [-0.39, 0.29) is 29.8 Å². The van der Waals surface area contributed by atoms with Gasteiger partial charge in [0.25, 0.3) is 5.91 Å². The molecule has 3 aromatic rings. The van der Waals surface area contributed by atoms with Gasteiger partial charge in [-0.05, 0) is 36.6 Å². The smallest absolute Gasteiger partial charge is 0.272 e. The van der Waals surface area contributed by atoms with Crippen LogP contribution in [0.2, 0.25) is 0 Å². The number of para-hydroxylation sites is 1. The molecule has 2 saturated heterocycles. The zero-order chi connectivity index (χ0) is 22.1. The second kappa shape index (κ2) is 8.84. The van der Waals surface area contributed by atoms with Crippen LogP contribution >= 0.6 is 0 Å². The molecule has 7 heteroatoms. The van der Waals surface area contributed by atoms with Crippen LogP contribution in [0.15, 0.2) is 61.2 Å². The number of fused-ring (bicyclic) bond motifs is 3. The average Bonchev–Trinajstić information content (AvgIpc) is 3.13. The van der Waals surface area contributed by atoms with Crippen LogP contribution in [0.5, 0.6) is 0 Å². The van der Waals surface area contributed by atoms with E-state index in [2.05, 4.69) is 21.9 Å². The van der Waals surface area contributed by atoms with E-state index in [0.29, 0.717) is 32.0 Å². The van der Waals surface area contributed by atoms with Gasteiger partial charge in [0, 0.05) is 30.1 Å². The predicted molar refractivity (Wildman–Crippen MR) is 121 cm³/mol. The Kier molecular flexibility index (Phi) is 5.76. The molecule has 2 aliphatic rings. The fourth-order valence-electron chi connectivity index (χ4n) is 5.02. The molecular weight excluding hydrogens is 407 g/mol. The highest BCUT2D eigenvalue weighted by Gasteiger charge is 2.39. The third-order valence-corrected chi connectivity index (χ3v) is 6.44. The number of hydrogen-bond donors (Lipinski definition) is 1. The SMILES string of the molecule is C=CCn1nc(C(=O)NC2C[C@H]3COC[C@@H](C2)N3Cc2cccc(F)c2)c2ccccc21. The molecule has 2 aromatic carbocycles. The summed E-state index contributed by atoms with van der Waals surface area (Å²) in [4.78, 5) is 15.6. The van der Waals surface area contributed by atoms with Crippen molar-refractivity contribution in [2.75, 3.05) is 13.2 Å². The van der Waals surface area contributed by atoms with E-state index in [1.165, 1.54) is 6.07 Å². The number of benzene rings is 2. The average molecular weight is 435 g/mol. The molecule has 0 saturated carbocycles. The van der Waals surface area contributed by atoms with Crippen LogP contribution in [0.1, 0.15) is 28.9 Å². The van der Waals surface area contributed by atoms with Gasteiger partial charge in [-0.1, -0.05) is 36.4 Å². The lowest BCUT2D eigenvalue weighted by Gasteiger charge is -2.48. The molecule has 5 rings (SSSR count). The third-order valence-electron chi connectivity index (χ3n) is 6.44. The highest BCUT2D eigenvalue weighted by Crippen LogP contribution is 2.30. The van der Waals surface area contributed by atoms with Crippen LogP contribution < -0.4 is 5.32 Å². The highest BCUT2D eigenvalue weighted by molar-refractivity contribution is 6.05. The number of amides is 1. The molecule has 2 fully saturated rings. The first-order valence-electron chi connectivity index (χ1n) is 11.1. The molecule has 6 nitrogen and oxygen atoms in total. The Bertz CT molecular complexity index is 1130. The molecule has 0 spiro atoms. The minimum atomic E-state index is -0.214. The van der Waals surface area contributed by atoms with Crippen molar-refractivity contribution in [2.45, 2.75) is 44.1 Å². The maximum Gasteiger partial charge on any atom is 0.272 e. The first kappa shape index (κ1) is 20.8. The Labute approximate surface area is 186 Å².